The van der Waals surface area contributed by atoms with Crippen LogP contribution in [0.1, 0.15) is 92.4 Å². The minimum atomic E-state index is -0.404. The largest absolute Gasteiger partial charge is 0.393 e. The van der Waals surface area contributed by atoms with Crippen LogP contribution in [0.3, 0.4) is 0 Å². The molecule has 10 atom stereocenters. The number of fused-ring (bicyclic) bond motifs is 5. The summed E-state index contributed by atoms with van der Waals surface area (Å²) in [6.07, 6.45) is 11.1. The molecule has 3 nitrogen and oxygen atoms in total. The highest BCUT2D eigenvalue weighted by atomic mass is 16.3. The number of hydrogen-bond donors (Lipinski definition) is 3. The zero-order valence-corrected chi connectivity index (χ0v) is 20.0. The quantitative estimate of drug-likeness (QED) is 0.529. The first-order chi connectivity index (χ1) is 14.1. The molecule has 3 heteroatoms. The second-order valence-electron chi connectivity index (χ2n) is 12.3. The van der Waals surface area contributed by atoms with E-state index in [9.17, 15) is 15.3 Å². The van der Waals surface area contributed by atoms with Gasteiger partial charge in [-0.25, -0.2) is 0 Å². The topological polar surface area (TPSA) is 60.7 Å². The molecule has 0 heterocycles. The van der Waals surface area contributed by atoms with Crippen LogP contribution in [0.4, 0.5) is 0 Å². The summed E-state index contributed by atoms with van der Waals surface area (Å²) < 4.78 is 0. The molecule has 1 unspecified atom stereocenters. The molecule has 3 fully saturated rings. The third kappa shape index (κ3) is 3.52. The lowest BCUT2D eigenvalue weighted by Crippen LogP contribution is -2.55. The van der Waals surface area contributed by atoms with Gasteiger partial charge in [-0.05, 0) is 92.3 Å². The highest BCUT2D eigenvalue weighted by Gasteiger charge is 2.60. The number of allylic oxidation sites excluding steroid dienone is 1. The second-order valence-corrected chi connectivity index (χ2v) is 12.3. The van der Waals surface area contributed by atoms with Crippen molar-refractivity contribution in [3.05, 3.63) is 11.6 Å². The maximum absolute atomic E-state index is 11.1. The zero-order valence-electron chi connectivity index (χ0n) is 20.0. The number of aliphatic hydroxyl groups excluding tert-OH is 3. The van der Waals surface area contributed by atoms with Gasteiger partial charge in [-0.3, -0.25) is 0 Å². The average Bonchev–Trinajstić information content (AvgIpc) is 3.04. The Balaban J connectivity index is 1.51. The molecule has 30 heavy (non-hydrogen) atoms. The molecule has 0 saturated heterocycles. The molecule has 3 saturated carbocycles. The monoisotopic (exact) mass is 418 g/mol. The highest BCUT2D eigenvalue weighted by molar-refractivity contribution is 5.27. The van der Waals surface area contributed by atoms with Crippen LogP contribution in [0.2, 0.25) is 0 Å². The predicted octanol–water partition coefficient (Wildman–Crippen LogP) is 5.33. The molecule has 0 bridgehead atoms. The zero-order chi connectivity index (χ0) is 21.8. The molecular weight excluding hydrogens is 372 g/mol. The minimum Gasteiger partial charge on any atom is -0.393 e. The maximum atomic E-state index is 11.1. The van der Waals surface area contributed by atoms with E-state index < -0.39 is 6.10 Å². The van der Waals surface area contributed by atoms with Crippen LogP contribution < -0.4 is 0 Å². The Kier molecular flexibility index (Phi) is 6.23. The molecule has 4 rings (SSSR count). The lowest BCUT2D eigenvalue weighted by Gasteiger charge is -2.59. The first-order valence-electron chi connectivity index (χ1n) is 12.8. The van der Waals surface area contributed by atoms with E-state index in [2.05, 4.69) is 40.7 Å². The lowest BCUT2D eigenvalue weighted by atomic mass is 9.46. The number of rotatable bonds is 5. The van der Waals surface area contributed by atoms with Gasteiger partial charge in [0.05, 0.1) is 18.3 Å². The van der Waals surface area contributed by atoms with Gasteiger partial charge in [0.25, 0.3) is 0 Å². The van der Waals surface area contributed by atoms with Crippen molar-refractivity contribution < 1.29 is 15.3 Å². The first kappa shape index (κ1) is 22.8. The van der Waals surface area contributed by atoms with Crippen molar-refractivity contribution in [2.45, 2.75) is 111 Å². The van der Waals surface area contributed by atoms with E-state index in [0.717, 1.165) is 37.5 Å². The van der Waals surface area contributed by atoms with E-state index >= 15 is 0 Å². The summed E-state index contributed by atoms with van der Waals surface area (Å²) in [6, 6.07) is 0. The normalized spacial score (nSPS) is 47.8. The summed E-state index contributed by atoms with van der Waals surface area (Å²) in [7, 11) is 0. The summed E-state index contributed by atoms with van der Waals surface area (Å²) in [5.41, 5.74) is 1.61. The van der Waals surface area contributed by atoms with Crippen LogP contribution in [-0.4, -0.2) is 33.6 Å². The average molecular weight is 419 g/mol. The third-order valence-electron chi connectivity index (χ3n) is 10.6. The van der Waals surface area contributed by atoms with E-state index in [0.29, 0.717) is 35.5 Å². The molecule has 0 aromatic carbocycles. The second kappa shape index (κ2) is 8.19. The van der Waals surface area contributed by atoms with Gasteiger partial charge in [-0.15, -0.1) is 0 Å². The van der Waals surface area contributed by atoms with Gasteiger partial charge in [0.2, 0.25) is 0 Å². The Bertz CT molecular complexity index is 656. The fourth-order valence-electron chi connectivity index (χ4n) is 8.64. The fourth-order valence-corrected chi connectivity index (χ4v) is 8.64. The van der Waals surface area contributed by atoms with Gasteiger partial charge < -0.3 is 15.3 Å². The van der Waals surface area contributed by atoms with Gasteiger partial charge in [-0.2, -0.15) is 0 Å². The standard InChI is InChI=1S/C27H46O3/c1-16(2)24(29)11-6-17(3)21-9-10-22-20-8-7-18-14-19(28)15-25(30)27(18,5)23(20)12-13-26(21,22)4/h7,16-17,19-25,28-30H,6,8-15H2,1-5H3/t17-,19-,20+,21-,22+,23+,24?,25+,26-,27+/m1/s1. The molecule has 0 aromatic rings. The summed E-state index contributed by atoms with van der Waals surface area (Å²) in [5.74, 6) is 3.79. The van der Waals surface area contributed by atoms with Crippen LogP contribution >= 0.6 is 0 Å². The molecule has 4 aliphatic carbocycles. The summed E-state index contributed by atoms with van der Waals surface area (Å²) >= 11 is 0. The van der Waals surface area contributed by atoms with Crippen molar-refractivity contribution in [3.63, 3.8) is 0 Å². The number of aliphatic hydroxyl groups is 3. The van der Waals surface area contributed by atoms with Crippen LogP contribution in [-0.2, 0) is 0 Å². The molecule has 0 spiro atoms. The molecule has 0 radical (unpaired) electrons. The van der Waals surface area contributed by atoms with Crippen LogP contribution in [0.5, 0.6) is 0 Å². The van der Waals surface area contributed by atoms with Crippen molar-refractivity contribution in [2.75, 3.05) is 0 Å². The fraction of sp³-hybridized carbons (Fsp3) is 0.926. The van der Waals surface area contributed by atoms with Gasteiger partial charge in [0.1, 0.15) is 0 Å². The molecule has 0 amide bonds. The van der Waals surface area contributed by atoms with Crippen LogP contribution in [0, 0.1) is 46.3 Å². The van der Waals surface area contributed by atoms with Gasteiger partial charge in [0, 0.05) is 11.8 Å². The van der Waals surface area contributed by atoms with Gasteiger partial charge in [0.15, 0.2) is 0 Å². The van der Waals surface area contributed by atoms with Crippen molar-refractivity contribution in [3.8, 4) is 0 Å². The van der Waals surface area contributed by atoms with Crippen molar-refractivity contribution >= 4 is 0 Å². The van der Waals surface area contributed by atoms with Crippen LogP contribution in [0.15, 0.2) is 11.6 Å². The SMILES string of the molecule is CC(C)C(O)CC[C@@H](C)[C@H]1CC[C@H]2[C@@H]3CC=C4C[C@@H](O)C[C@H](O)[C@]4(C)[C@H]3CC[C@]12C. The molecule has 0 aliphatic heterocycles. The maximum Gasteiger partial charge on any atom is 0.0658 e. The van der Waals surface area contributed by atoms with E-state index in [1.807, 2.05) is 0 Å². The highest BCUT2D eigenvalue weighted by Crippen LogP contribution is 2.67. The Morgan fingerprint density at radius 3 is 2.47 bits per heavy atom. The predicted molar refractivity (Wildman–Crippen MR) is 122 cm³/mol. The smallest absolute Gasteiger partial charge is 0.0658 e. The summed E-state index contributed by atoms with van der Waals surface area (Å²) in [6.45, 7) is 11.5. The molecular formula is C27H46O3. The van der Waals surface area contributed by atoms with Crippen molar-refractivity contribution in [1.29, 1.82) is 0 Å². The molecule has 172 valence electrons. The van der Waals surface area contributed by atoms with Gasteiger partial charge >= 0.3 is 0 Å². The van der Waals surface area contributed by atoms with Crippen LogP contribution in [0.25, 0.3) is 0 Å². The third-order valence-corrected chi connectivity index (χ3v) is 10.6. The Morgan fingerprint density at radius 2 is 1.77 bits per heavy atom. The molecule has 3 N–H and O–H groups in total. The van der Waals surface area contributed by atoms with Crippen molar-refractivity contribution in [2.24, 2.45) is 46.3 Å². The summed E-state index contributed by atoms with van der Waals surface area (Å²) in [5, 5.41) is 31.6. The Morgan fingerprint density at radius 1 is 1.03 bits per heavy atom. The summed E-state index contributed by atoms with van der Waals surface area (Å²) in [4.78, 5) is 0. The van der Waals surface area contributed by atoms with Crippen molar-refractivity contribution in [1.82, 2.24) is 0 Å². The Hall–Kier alpha value is -0.380. The van der Waals surface area contributed by atoms with Gasteiger partial charge in [-0.1, -0.05) is 46.3 Å². The minimum absolute atomic E-state index is 0.130. The molecule has 4 aliphatic rings. The van der Waals surface area contributed by atoms with E-state index in [1.165, 1.54) is 31.3 Å². The van der Waals surface area contributed by atoms with E-state index in [4.69, 9.17) is 0 Å². The van der Waals surface area contributed by atoms with E-state index in [-0.39, 0.29) is 17.6 Å². The lowest BCUT2D eigenvalue weighted by molar-refractivity contribution is -0.108. The Labute approximate surface area is 184 Å². The first-order valence-corrected chi connectivity index (χ1v) is 12.8. The number of hydrogen-bond acceptors (Lipinski definition) is 3. The van der Waals surface area contributed by atoms with E-state index in [1.54, 1.807) is 0 Å². The molecule has 0 aromatic heterocycles.